The lowest BCUT2D eigenvalue weighted by Gasteiger charge is -2.33. The molecule has 8 aromatic rings. The maximum Gasteiger partial charge on any atom is 0.276 e. The van der Waals surface area contributed by atoms with E-state index in [2.05, 4.69) is 29.9 Å². The molecule has 0 spiro atoms. The lowest BCUT2D eigenvalue weighted by atomic mass is 10.0. The van der Waals surface area contributed by atoms with Gasteiger partial charge < -0.3 is 19.8 Å². The zero-order valence-electron chi connectivity index (χ0n) is 35.0. The number of fused-ring (bicyclic) bond motifs is 2. The van der Waals surface area contributed by atoms with E-state index in [1.165, 1.54) is 8.61 Å². The topological polar surface area (TPSA) is 199 Å². The van der Waals surface area contributed by atoms with E-state index in [4.69, 9.17) is 23.2 Å². The monoisotopic (exact) mass is 962 g/mol. The summed E-state index contributed by atoms with van der Waals surface area (Å²) in [4.78, 5) is 51.4. The normalized spacial score (nSPS) is 15.1. The van der Waals surface area contributed by atoms with Crippen LogP contribution in [0.15, 0.2) is 144 Å². The van der Waals surface area contributed by atoms with Crippen LogP contribution in [0.2, 0.25) is 10.0 Å². The first-order chi connectivity index (χ1) is 31.8. The molecule has 4 aromatic carbocycles. The number of carbonyl (C=O) groups excluding carboxylic acids is 2. The van der Waals surface area contributed by atoms with Crippen molar-refractivity contribution in [2.75, 3.05) is 52.4 Å². The van der Waals surface area contributed by atoms with Crippen LogP contribution in [0.25, 0.3) is 44.3 Å². The molecule has 2 amide bonds. The van der Waals surface area contributed by atoms with Gasteiger partial charge in [0.15, 0.2) is 0 Å². The molecule has 20 heteroatoms. The fourth-order valence-electron chi connectivity index (χ4n) is 7.73. The van der Waals surface area contributed by atoms with Gasteiger partial charge >= 0.3 is 0 Å². The molecule has 66 heavy (non-hydrogen) atoms. The molecule has 336 valence electrons. The molecule has 0 radical (unpaired) electrons. The van der Waals surface area contributed by atoms with Crippen LogP contribution >= 0.6 is 23.2 Å². The number of amides is 2. The third kappa shape index (κ3) is 9.42. The molecule has 0 bridgehead atoms. The second kappa shape index (κ2) is 18.7. The number of nitrogens with one attached hydrogen (secondary N) is 2. The summed E-state index contributed by atoms with van der Waals surface area (Å²) < 4.78 is 54.9. The van der Waals surface area contributed by atoms with Crippen LogP contribution in [-0.2, 0) is 20.0 Å². The van der Waals surface area contributed by atoms with E-state index in [0.29, 0.717) is 69.4 Å². The number of aromatic amines is 2. The Morgan fingerprint density at radius 3 is 1.32 bits per heavy atom. The Labute approximate surface area is 390 Å². The first-order valence-corrected chi connectivity index (χ1v) is 24.4. The first-order valence-electron chi connectivity index (χ1n) is 20.7. The molecule has 0 saturated carbocycles. The number of hydrogen-bond acceptors (Lipinski definition) is 10. The first kappa shape index (κ1) is 44.7. The van der Waals surface area contributed by atoms with Gasteiger partial charge in [0.1, 0.15) is 0 Å². The summed E-state index contributed by atoms with van der Waals surface area (Å²) in [5.41, 5.74) is 7.36. The highest BCUT2D eigenvalue weighted by molar-refractivity contribution is 7.89. The zero-order chi connectivity index (χ0) is 46.0. The molecule has 0 unspecified atom stereocenters. The van der Waals surface area contributed by atoms with Gasteiger partial charge in [0, 0.05) is 98.3 Å². The van der Waals surface area contributed by atoms with E-state index in [1.807, 2.05) is 48.5 Å². The van der Waals surface area contributed by atoms with Crippen LogP contribution in [0.1, 0.15) is 20.7 Å². The molecular weight excluding hydrogens is 924 g/mol. The van der Waals surface area contributed by atoms with E-state index in [1.54, 1.807) is 95.3 Å². The van der Waals surface area contributed by atoms with Gasteiger partial charge in [-0.25, -0.2) is 26.8 Å². The predicted octanol–water partition coefficient (Wildman–Crippen LogP) is 6.85. The molecule has 16 nitrogen and oxygen atoms in total. The third-order valence-electron chi connectivity index (χ3n) is 11.4. The highest BCUT2D eigenvalue weighted by atomic mass is 35.5. The lowest BCUT2D eigenvalue weighted by molar-refractivity contribution is 0.0691. The number of imidazole rings is 2. The Bertz CT molecular complexity index is 3050. The maximum atomic E-state index is 13.1. The second-order valence-corrected chi connectivity index (χ2v) is 20.0. The van der Waals surface area contributed by atoms with Crippen molar-refractivity contribution in [3.05, 3.63) is 155 Å². The molecule has 6 heterocycles. The molecule has 0 aliphatic carbocycles. The van der Waals surface area contributed by atoms with E-state index in [0.717, 1.165) is 22.3 Å². The summed E-state index contributed by atoms with van der Waals surface area (Å²) in [6.07, 6.45) is 6.90. The molecule has 10 rings (SSSR count). The van der Waals surface area contributed by atoms with E-state index < -0.39 is 20.0 Å². The number of hydrogen-bond donors (Lipinski definition) is 2. The summed E-state index contributed by atoms with van der Waals surface area (Å²) in [5, 5.41) is 0.743. The van der Waals surface area contributed by atoms with Crippen LogP contribution in [0, 0.1) is 0 Å². The molecule has 2 N–H and O–H groups in total. The van der Waals surface area contributed by atoms with Crippen LogP contribution in [-0.4, -0.2) is 129 Å². The summed E-state index contributed by atoms with van der Waals surface area (Å²) in [5.74, 6) is -0.238. The van der Waals surface area contributed by atoms with Gasteiger partial charge in [-0.3, -0.25) is 19.6 Å². The predicted molar refractivity (Wildman–Crippen MR) is 251 cm³/mol. The van der Waals surface area contributed by atoms with Crippen LogP contribution < -0.4 is 0 Å². The second-order valence-electron chi connectivity index (χ2n) is 15.4. The van der Waals surface area contributed by atoms with Gasteiger partial charge in [0.2, 0.25) is 10.3 Å². The Morgan fingerprint density at radius 2 is 0.848 bits per heavy atom. The fourth-order valence-corrected chi connectivity index (χ4v) is 10.8. The number of rotatable bonds is 8. The highest BCUT2D eigenvalue weighted by Crippen LogP contribution is 2.26. The summed E-state index contributed by atoms with van der Waals surface area (Å²) in [6, 6.07) is 32.4. The number of halogens is 2. The summed E-state index contributed by atoms with van der Waals surface area (Å²) in [7, 11) is -7.61. The lowest BCUT2D eigenvalue weighted by Crippen LogP contribution is -2.50. The van der Waals surface area contributed by atoms with Gasteiger partial charge in [-0.15, -0.1) is 0 Å². The van der Waals surface area contributed by atoms with Crippen LogP contribution in [0.3, 0.4) is 0 Å². The summed E-state index contributed by atoms with van der Waals surface area (Å²) in [6.45, 7) is 1.99. The average molecular weight is 964 g/mol. The van der Waals surface area contributed by atoms with Gasteiger partial charge in [-0.1, -0.05) is 47.5 Å². The fraction of sp³-hybridized carbons (Fsp3) is 0.174. The van der Waals surface area contributed by atoms with Crippen molar-refractivity contribution in [1.29, 1.82) is 0 Å². The number of benzene rings is 4. The van der Waals surface area contributed by atoms with Gasteiger partial charge in [-0.2, -0.15) is 8.61 Å². The van der Waals surface area contributed by atoms with Crippen LogP contribution in [0.5, 0.6) is 0 Å². The molecular formula is C46H40Cl2N10O6S2. The number of carbonyl (C=O) groups is 2. The Morgan fingerprint density at radius 1 is 0.455 bits per heavy atom. The SMILES string of the molecule is O=C(c1ccc(-c2ccncc2)cc1)N1CCN(S(=O)(=O)c2nc3cc(Cl)ccc3[nH]2)CC1.O=C(c1ccc(-c2ccncc2)cc1)N1CCN(S(=O)(=O)c2nc3ccc(Cl)cc3[nH]2)CC1. The standard InChI is InChI=1S/2C23H20ClN5O3S/c2*24-19-5-6-20-21(15-19)27-23(26-20)33(31,32)29-13-11-28(12-14-29)22(30)18-3-1-16(2-4-18)17-7-9-25-10-8-17/h2*1-10,15H,11-14H2,(H,26,27). The smallest absolute Gasteiger partial charge is 0.276 e. The van der Waals surface area contributed by atoms with Gasteiger partial charge in [0.05, 0.1) is 22.1 Å². The third-order valence-corrected chi connectivity index (χ3v) is 15.3. The highest BCUT2D eigenvalue weighted by Gasteiger charge is 2.34. The van der Waals surface area contributed by atoms with E-state index in [9.17, 15) is 26.4 Å². The maximum absolute atomic E-state index is 13.1. The largest absolute Gasteiger partial charge is 0.336 e. The number of piperazine rings is 2. The van der Waals surface area contributed by atoms with Crippen molar-refractivity contribution in [1.82, 2.24) is 48.3 Å². The van der Waals surface area contributed by atoms with E-state index >= 15 is 0 Å². The van der Waals surface area contributed by atoms with Crippen LogP contribution in [0.4, 0.5) is 0 Å². The number of aromatic nitrogens is 6. The van der Waals surface area contributed by atoms with Crippen molar-refractivity contribution in [3.8, 4) is 22.3 Å². The van der Waals surface area contributed by atoms with Crippen molar-refractivity contribution in [2.24, 2.45) is 0 Å². The molecule has 2 saturated heterocycles. The van der Waals surface area contributed by atoms with Crippen molar-refractivity contribution in [3.63, 3.8) is 0 Å². The molecule has 2 aliphatic heterocycles. The van der Waals surface area contributed by atoms with Crippen molar-refractivity contribution >= 4 is 77.1 Å². The number of H-pyrrole nitrogens is 2. The Hall–Kier alpha value is -6.54. The van der Waals surface area contributed by atoms with Crippen molar-refractivity contribution in [2.45, 2.75) is 10.3 Å². The zero-order valence-corrected chi connectivity index (χ0v) is 38.1. The minimum absolute atomic E-state index is 0.119. The minimum atomic E-state index is -3.81. The molecule has 0 atom stereocenters. The quantitative estimate of drug-likeness (QED) is 0.162. The van der Waals surface area contributed by atoms with Crippen molar-refractivity contribution < 1.29 is 26.4 Å². The minimum Gasteiger partial charge on any atom is -0.336 e. The number of pyridine rings is 2. The Kier molecular flexibility index (Phi) is 12.7. The average Bonchev–Trinajstić information content (AvgIpc) is 4.00. The van der Waals surface area contributed by atoms with Gasteiger partial charge in [0.25, 0.3) is 31.9 Å². The Balaban J connectivity index is 0.000000166. The van der Waals surface area contributed by atoms with Gasteiger partial charge in [-0.05, 0) is 107 Å². The molecule has 4 aromatic heterocycles. The number of sulfonamides is 2. The molecule has 2 fully saturated rings. The van der Waals surface area contributed by atoms with E-state index in [-0.39, 0.29) is 48.3 Å². The molecule has 2 aliphatic rings. The summed E-state index contributed by atoms with van der Waals surface area (Å²) >= 11 is 12.0. The number of nitrogens with zero attached hydrogens (tertiary/aromatic N) is 8.